The van der Waals surface area contributed by atoms with Crippen molar-refractivity contribution in [2.45, 2.75) is 0 Å². The third-order valence-electron chi connectivity index (χ3n) is 1.83. The Balaban J connectivity index is 2.60. The lowest BCUT2D eigenvalue weighted by Crippen LogP contribution is -2.04. The number of hydrogen-bond donors (Lipinski definition) is 1. The first-order valence-electron chi connectivity index (χ1n) is 4.85. The van der Waals surface area contributed by atoms with Crippen LogP contribution in [0.4, 0.5) is 0 Å². The molecule has 4 heteroatoms. The van der Waals surface area contributed by atoms with Crippen LogP contribution in [0.1, 0.15) is 5.56 Å². The van der Waals surface area contributed by atoms with Gasteiger partial charge in [0.15, 0.2) is 0 Å². The number of rotatable bonds is 6. The number of ether oxygens (including phenoxy) is 2. The van der Waals surface area contributed by atoms with Crippen LogP contribution < -0.4 is 4.74 Å². The molecule has 0 unspecified atom stereocenters. The molecule has 0 aliphatic rings. The van der Waals surface area contributed by atoms with E-state index in [1.54, 1.807) is 13.2 Å². The summed E-state index contributed by atoms with van der Waals surface area (Å²) in [5, 5.41) is 8.48. The number of benzene rings is 1. The summed E-state index contributed by atoms with van der Waals surface area (Å²) in [7, 11) is 1.61. The number of carboxylic acid groups (broad SMARTS) is 1. The summed E-state index contributed by atoms with van der Waals surface area (Å²) in [5.41, 5.74) is 0.789. The Morgan fingerprint density at radius 1 is 1.44 bits per heavy atom. The number of methoxy groups -OCH3 is 1. The highest BCUT2D eigenvalue weighted by Crippen LogP contribution is 2.14. The molecule has 0 heterocycles. The normalized spacial score (nSPS) is 10.6. The summed E-state index contributed by atoms with van der Waals surface area (Å²) >= 11 is 0. The molecule has 0 aromatic heterocycles. The van der Waals surface area contributed by atoms with Gasteiger partial charge in [-0.3, -0.25) is 0 Å². The van der Waals surface area contributed by atoms with E-state index in [9.17, 15) is 4.79 Å². The molecule has 1 rings (SSSR count). The van der Waals surface area contributed by atoms with Gasteiger partial charge >= 0.3 is 5.97 Å². The van der Waals surface area contributed by atoms with Crippen LogP contribution in [0.25, 0.3) is 6.08 Å². The van der Waals surface area contributed by atoms with Crippen molar-refractivity contribution in [3.63, 3.8) is 0 Å². The van der Waals surface area contributed by atoms with Gasteiger partial charge in [-0.25, -0.2) is 4.79 Å². The molecule has 0 saturated heterocycles. The van der Waals surface area contributed by atoms with Gasteiger partial charge in [0.25, 0.3) is 0 Å². The first kappa shape index (κ1) is 12.3. The molecule has 0 amide bonds. The predicted octanol–water partition coefficient (Wildman–Crippen LogP) is 1.81. The summed E-state index contributed by atoms with van der Waals surface area (Å²) in [6, 6.07) is 7.20. The van der Waals surface area contributed by atoms with Crippen molar-refractivity contribution in [1.82, 2.24) is 0 Å². The van der Waals surface area contributed by atoms with E-state index >= 15 is 0 Å². The van der Waals surface area contributed by atoms with Crippen LogP contribution in [0.5, 0.6) is 5.75 Å². The zero-order valence-electron chi connectivity index (χ0n) is 9.05. The molecule has 0 saturated carbocycles. The summed E-state index contributed by atoms with van der Waals surface area (Å²) < 4.78 is 10.2. The lowest BCUT2D eigenvalue weighted by molar-refractivity contribution is -0.131. The minimum Gasteiger partial charge on any atom is -0.491 e. The summed E-state index contributed by atoms with van der Waals surface area (Å²) in [6.07, 6.45) is 2.61. The van der Waals surface area contributed by atoms with E-state index in [4.69, 9.17) is 14.6 Å². The van der Waals surface area contributed by atoms with Gasteiger partial charge in [0, 0.05) is 13.2 Å². The van der Waals surface area contributed by atoms with E-state index in [1.807, 2.05) is 18.2 Å². The molecule has 86 valence electrons. The van der Waals surface area contributed by atoms with E-state index in [-0.39, 0.29) is 0 Å². The average Bonchev–Trinajstić information content (AvgIpc) is 2.27. The van der Waals surface area contributed by atoms with Gasteiger partial charge in [0.05, 0.1) is 6.61 Å². The lowest BCUT2D eigenvalue weighted by atomic mass is 10.2. The molecule has 0 radical (unpaired) electrons. The molecular weight excluding hydrogens is 208 g/mol. The Morgan fingerprint density at radius 3 is 2.94 bits per heavy atom. The van der Waals surface area contributed by atoms with E-state index in [2.05, 4.69) is 0 Å². The van der Waals surface area contributed by atoms with Crippen LogP contribution in [0.2, 0.25) is 0 Å². The number of aliphatic carboxylic acids is 1. The minimum atomic E-state index is -0.967. The van der Waals surface area contributed by atoms with Crippen molar-refractivity contribution in [3.8, 4) is 5.75 Å². The second-order valence-electron chi connectivity index (χ2n) is 3.09. The third-order valence-corrected chi connectivity index (χ3v) is 1.83. The third kappa shape index (κ3) is 4.61. The Hall–Kier alpha value is -1.81. The fourth-order valence-electron chi connectivity index (χ4n) is 1.12. The van der Waals surface area contributed by atoms with Crippen LogP contribution in [0, 0.1) is 0 Å². The van der Waals surface area contributed by atoms with Crippen molar-refractivity contribution in [2.75, 3.05) is 20.3 Å². The van der Waals surface area contributed by atoms with Gasteiger partial charge in [-0.2, -0.15) is 0 Å². The summed E-state index contributed by atoms with van der Waals surface area (Å²) in [4.78, 5) is 10.3. The van der Waals surface area contributed by atoms with Crippen molar-refractivity contribution >= 4 is 12.0 Å². The van der Waals surface area contributed by atoms with Gasteiger partial charge < -0.3 is 14.6 Å². The van der Waals surface area contributed by atoms with Crippen LogP contribution in [-0.2, 0) is 9.53 Å². The van der Waals surface area contributed by atoms with E-state index in [1.165, 1.54) is 6.08 Å². The van der Waals surface area contributed by atoms with Gasteiger partial charge in [0.1, 0.15) is 12.4 Å². The second kappa shape index (κ2) is 6.63. The molecule has 1 aromatic rings. The van der Waals surface area contributed by atoms with Crippen molar-refractivity contribution < 1.29 is 19.4 Å². The fraction of sp³-hybridized carbons (Fsp3) is 0.250. The Labute approximate surface area is 94.1 Å². The van der Waals surface area contributed by atoms with Gasteiger partial charge in [-0.05, 0) is 23.8 Å². The zero-order chi connectivity index (χ0) is 11.8. The Morgan fingerprint density at radius 2 is 2.25 bits per heavy atom. The standard InChI is InChI=1S/C12H14O4/c1-15-7-8-16-11-4-2-3-10(9-11)5-6-12(13)14/h2-6,9H,7-8H2,1H3,(H,13,14). The molecular formula is C12H14O4. The number of carbonyl (C=O) groups is 1. The van der Waals surface area contributed by atoms with Crippen molar-refractivity contribution in [2.24, 2.45) is 0 Å². The molecule has 1 N–H and O–H groups in total. The van der Waals surface area contributed by atoms with Crippen LogP contribution >= 0.6 is 0 Å². The SMILES string of the molecule is COCCOc1cccc(C=CC(=O)O)c1. The average molecular weight is 222 g/mol. The number of hydrogen-bond acceptors (Lipinski definition) is 3. The van der Waals surface area contributed by atoms with Crippen LogP contribution in [-0.4, -0.2) is 31.4 Å². The Bertz CT molecular complexity index is 371. The van der Waals surface area contributed by atoms with E-state index < -0.39 is 5.97 Å². The van der Waals surface area contributed by atoms with E-state index in [0.717, 1.165) is 11.6 Å². The van der Waals surface area contributed by atoms with Crippen molar-refractivity contribution in [3.05, 3.63) is 35.9 Å². The molecule has 1 aromatic carbocycles. The lowest BCUT2D eigenvalue weighted by Gasteiger charge is -2.05. The molecule has 0 spiro atoms. The fourth-order valence-corrected chi connectivity index (χ4v) is 1.12. The largest absolute Gasteiger partial charge is 0.491 e. The topological polar surface area (TPSA) is 55.8 Å². The second-order valence-corrected chi connectivity index (χ2v) is 3.09. The van der Waals surface area contributed by atoms with Gasteiger partial charge in [-0.15, -0.1) is 0 Å². The van der Waals surface area contributed by atoms with Crippen LogP contribution in [0.3, 0.4) is 0 Å². The van der Waals surface area contributed by atoms with Crippen LogP contribution in [0.15, 0.2) is 30.3 Å². The maximum Gasteiger partial charge on any atom is 0.328 e. The maximum absolute atomic E-state index is 10.3. The molecule has 4 nitrogen and oxygen atoms in total. The summed E-state index contributed by atoms with van der Waals surface area (Å²) in [6.45, 7) is 0.998. The van der Waals surface area contributed by atoms with Gasteiger partial charge in [0.2, 0.25) is 0 Å². The molecule has 0 atom stereocenters. The smallest absolute Gasteiger partial charge is 0.328 e. The zero-order valence-corrected chi connectivity index (χ0v) is 9.05. The molecule has 0 aliphatic heterocycles. The highest BCUT2D eigenvalue weighted by molar-refractivity contribution is 5.85. The maximum atomic E-state index is 10.3. The molecule has 0 aliphatic carbocycles. The van der Waals surface area contributed by atoms with Crippen molar-refractivity contribution in [1.29, 1.82) is 0 Å². The quantitative estimate of drug-likeness (QED) is 0.589. The highest BCUT2D eigenvalue weighted by Gasteiger charge is 1.95. The first-order chi connectivity index (χ1) is 7.72. The summed E-state index contributed by atoms with van der Waals surface area (Å²) in [5.74, 6) is -0.268. The first-order valence-corrected chi connectivity index (χ1v) is 4.85. The predicted molar refractivity (Wildman–Crippen MR) is 60.5 cm³/mol. The number of carboxylic acids is 1. The monoisotopic (exact) mass is 222 g/mol. The molecule has 16 heavy (non-hydrogen) atoms. The van der Waals surface area contributed by atoms with E-state index in [0.29, 0.717) is 19.0 Å². The van der Waals surface area contributed by atoms with Gasteiger partial charge in [-0.1, -0.05) is 12.1 Å². The highest BCUT2D eigenvalue weighted by atomic mass is 16.5. The molecule has 0 bridgehead atoms. The minimum absolute atomic E-state index is 0.475. The molecule has 0 fully saturated rings. The Kier molecular flexibility index (Phi) is 5.08.